The van der Waals surface area contributed by atoms with E-state index in [4.69, 9.17) is 4.52 Å². The van der Waals surface area contributed by atoms with E-state index in [-0.39, 0.29) is 0 Å². The fourth-order valence-electron chi connectivity index (χ4n) is 1.32. The topological polar surface area (TPSA) is 51.8 Å². The average molecular weight is 189 g/mol. The highest BCUT2D eigenvalue weighted by atomic mass is 16.5. The second-order valence-electron chi connectivity index (χ2n) is 3.28. The molecule has 0 saturated heterocycles. The summed E-state index contributed by atoms with van der Waals surface area (Å²) >= 11 is 0. The highest BCUT2D eigenvalue weighted by Gasteiger charge is 2.13. The third kappa shape index (κ3) is 1.39. The van der Waals surface area contributed by atoms with Gasteiger partial charge in [-0.3, -0.25) is 0 Å². The first-order chi connectivity index (χ1) is 6.68. The summed E-state index contributed by atoms with van der Waals surface area (Å²) in [5, 5.41) is 3.86. The Morgan fingerprint density at radius 2 is 1.71 bits per heavy atom. The number of aromatic nitrogens is 3. The van der Waals surface area contributed by atoms with Crippen LogP contribution in [0.4, 0.5) is 0 Å². The normalized spacial score (nSPS) is 10.5. The van der Waals surface area contributed by atoms with Gasteiger partial charge in [-0.1, -0.05) is 5.16 Å². The zero-order valence-corrected chi connectivity index (χ0v) is 8.40. The van der Waals surface area contributed by atoms with Crippen molar-refractivity contribution in [3.8, 4) is 11.4 Å². The molecular formula is C10H11N3O. The van der Waals surface area contributed by atoms with Crippen molar-refractivity contribution in [2.24, 2.45) is 0 Å². The van der Waals surface area contributed by atoms with Crippen molar-refractivity contribution < 1.29 is 4.52 Å². The predicted molar refractivity (Wildman–Crippen MR) is 51.7 cm³/mol. The van der Waals surface area contributed by atoms with Crippen LogP contribution in [0, 0.1) is 20.8 Å². The van der Waals surface area contributed by atoms with E-state index in [1.54, 1.807) is 12.4 Å². The minimum Gasteiger partial charge on any atom is -0.361 e. The summed E-state index contributed by atoms with van der Waals surface area (Å²) in [4.78, 5) is 8.46. The highest BCUT2D eigenvalue weighted by molar-refractivity contribution is 5.59. The Kier molecular flexibility index (Phi) is 2.04. The lowest BCUT2D eigenvalue weighted by Crippen LogP contribution is -1.91. The summed E-state index contributed by atoms with van der Waals surface area (Å²) in [5.74, 6) is 1.43. The summed E-state index contributed by atoms with van der Waals surface area (Å²) in [6.07, 6.45) is 3.57. The average Bonchev–Trinajstić information content (AvgIpc) is 2.49. The summed E-state index contributed by atoms with van der Waals surface area (Å²) in [5.41, 5.74) is 2.76. The van der Waals surface area contributed by atoms with Crippen molar-refractivity contribution in [2.45, 2.75) is 20.8 Å². The molecule has 0 unspecified atom stereocenters. The number of aryl methyl sites for hydroxylation is 3. The van der Waals surface area contributed by atoms with E-state index in [0.717, 1.165) is 22.6 Å². The molecule has 0 atom stereocenters. The molecule has 0 N–H and O–H groups in total. The largest absolute Gasteiger partial charge is 0.361 e. The van der Waals surface area contributed by atoms with Crippen molar-refractivity contribution in [3.63, 3.8) is 0 Å². The second kappa shape index (κ2) is 3.21. The molecule has 0 amide bonds. The SMILES string of the molecule is Cc1cnc(-c2c(C)noc2C)nc1. The fraction of sp³-hybridized carbons (Fsp3) is 0.300. The molecule has 0 aliphatic carbocycles. The smallest absolute Gasteiger partial charge is 0.164 e. The molecule has 0 aliphatic heterocycles. The van der Waals surface area contributed by atoms with Crippen LogP contribution in [0.25, 0.3) is 11.4 Å². The van der Waals surface area contributed by atoms with Gasteiger partial charge in [-0.2, -0.15) is 0 Å². The quantitative estimate of drug-likeness (QED) is 0.689. The van der Waals surface area contributed by atoms with Crippen LogP contribution in [0.1, 0.15) is 17.0 Å². The van der Waals surface area contributed by atoms with Crippen LogP contribution in [0.15, 0.2) is 16.9 Å². The maximum atomic E-state index is 5.05. The summed E-state index contributed by atoms with van der Waals surface area (Å²) in [7, 11) is 0. The van der Waals surface area contributed by atoms with E-state index < -0.39 is 0 Å². The lowest BCUT2D eigenvalue weighted by atomic mass is 10.2. The van der Waals surface area contributed by atoms with Gasteiger partial charge in [0.05, 0.1) is 11.3 Å². The van der Waals surface area contributed by atoms with Crippen LogP contribution >= 0.6 is 0 Å². The van der Waals surface area contributed by atoms with Gasteiger partial charge in [0, 0.05) is 12.4 Å². The Balaban J connectivity index is 2.54. The van der Waals surface area contributed by atoms with E-state index in [0.29, 0.717) is 5.82 Å². The van der Waals surface area contributed by atoms with Crippen LogP contribution in [0.5, 0.6) is 0 Å². The molecule has 14 heavy (non-hydrogen) atoms. The second-order valence-corrected chi connectivity index (χ2v) is 3.28. The highest BCUT2D eigenvalue weighted by Crippen LogP contribution is 2.22. The lowest BCUT2D eigenvalue weighted by molar-refractivity contribution is 0.393. The Morgan fingerprint density at radius 3 is 2.21 bits per heavy atom. The number of hydrogen-bond donors (Lipinski definition) is 0. The standard InChI is InChI=1S/C10H11N3O/c1-6-4-11-10(12-5-6)9-7(2)13-14-8(9)3/h4-5H,1-3H3. The van der Waals surface area contributed by atoms with E-state index >= 15 is 0 Å². The molecule has 4 nitrogen and oxygen atoms in total. The molecule has 0 aromatic carbocycles. The molecule has 0 aliphatic rings. The van der Waals surface area contributed by atoms with Gasteiger partial charge in [0.25, 0.3) is 0 Å². The van der Waals surface area contributed by atoms with Gasteiger partial charge in [-0.05, 0) is 26.3 Å². The van der Waals surface area contributed by atoms with Crippen molar-refractivity contribution in [1.29, 1.82) is 0 Å². The maximum absolute atomic E-state index is 5.05. The Hall–Kier alpha value is -1.71. The molecule has 4 heteroatoms. The molecule has 0 spiro atoms. The summed E-state index contributed by atoms with van der Waals surface area (Å²) in [6, 6.07) is 0. The van der Waals surface area contributed by atoms with Gasteiger partial charge in [0.2, 0.25) is 0 Å². The van der Waals surface area contributed by atoms with Crippen LogP contribution in [-0.4, -0.2) is 15.1 Å². The molecule has 72 valence electrons. The van der Waals surface area contributed by atoms with E-state index in [1.807, 2.05) is 20.8 Å². The Morgan fingerprint density at radius 1 is 1.07 bits per heavy atom. The van der Waals surface area contributed by atoms with Gasteiger partial charge < -0.3 is 4.52 Å². The predicted octanol–water partition coefficient (Wildman–Crippen LogP) is 2.06. The molecular weight excluding hydrogens is 178 g/mol. The molecule has 0 bridgehead atoms. The first kappa shape index (κ1) is 8.87. The molecule has 0 radical (unpaired) electrons. The molecule has 0 saturated carbocycles. The number of nitrogens with zero attached hydrogens (tertiary/aromatic N) is 3. The lowest BCUT2D eigenvalue weighted by Gasteiger charge is -1.97. The van der Waals surface area contributed by atoms with Crippen molar-refractivity contribution in [3.05, 3.63) is 29.4 Å². The zero-order valence-electron chi connectivity index (χ0n) is 8.40. The maximum Gasteiger partial charge on any atom is 0.164 e. The molecule has 2 aromatic heterocycles. The van der Waals surface area contributed by atoms with Crippen LogP contribution in [0.2, 0.25) is 0 Å². The molecule has 0 fully saturated rings. The van der Waals surface area contributed by atoms with Gasteiger partial charge in [-0.15, -0.1) is 0 Å². The summed E-state index contributed by atoms with van der Waals surface area (Å²) in [6.45, 7) is 5.70. The zero-order chi connectivity index (χ0) is 10.1. The first-order valence-electron chi connectivity index (χ1n) is 4.40. The third-order valence-electron chi connectivity index (χ3n) is 2.04. The van der Waals surface area contributed by atoms with Gasteiger partial charge in [0.15, 0.2) is 5.82 Å². The number of hydrogen-bond acceptors (Lipinski definition) is 4. The Bertz CT molecular complexity index is 425. The number of rotatable bonds is 1. The van der Waals surface area contributed by atoms with E-state index in [1.165, 1.54) is 0 Å². The van der Waals surface area contributed by atoms with Gasteiger partial charge >= 0.3 is 0 Å². The molecule has 2 heterocycles. The fourth-order valence-corrected chi connectivity index (χ4v) is 1.32. The third-order valence-corrected chi connectivity index (χ3v) is 2.04. The summed E-state index contributed by atoms with van der Waals surface area (Å²) < 4.78 is 5.05. The van der Waals surface area contributed by atoms with Crippen LogP contribution in [-0.2, 0) is 0 Å². The molecule has 2 rings (SSSR count). The van der Waals surface area contributed by atoms with E-state index in [2.05, 4.69) is 15.1 Å². The Labute approximate surface area is 82.0 Å². The van der Waals surface area contributed by atoms with Gasteiger partial charge in [0.1, 0.15) is 5.76 Å². The minimum absolute atomic E-state index is 0.673. The first-order valence-corrected chi connectivity index (χ1v) is 4.40. The minimum atomic E-state index is 0.673. The van der Waals surface area contributed by atoms with Crippen molar-refractivity contribution in [1.82, 2.24) is 15.1 Å². The monoisotopic (exact) mass is 189 g/mol. The molecule has 2 aromatic rings. The van der Waals surface area contributed by atoms with E-state index in [9.17, 15) is 0 Å². The van der Waals surface area contributed by atoms with Gasteiger partial charge in [-0.25, -0.2) is 9.97 Å². The van der Waals surface area contributed by atoms with Crippen molar-refractivity contribution in [2.75, 3.05) is 0 Å². The van der Waals surface area contributed by atoms with Crippen LogP contribution < -0.4 is 0 Å². The van der Waals surface area contributed by atoms with Crippen LogP contribution in [0.3, 0.4) is 0 Å². The van der Waals surface area contributed by atoms with Crippen molar-refractivity contribution >= 4 is 0 Å².